The van der Waals surface area contributed by atoms with Crippen LogP contribution in [0.25, 0.3) is 0 Å². The molecular formula is C19H15ClFN5O3. The maximum absolute atomic E-state index is 13.9. The number of hydrogen-bond donors (Lipinski definition) is 3. The van der Waals surface area contributed by atoms with Crippen LogP contribution in [0.5, 0.6) is 5.75 Å². The van der Waals surface area contributed by atoms with Crippen LogP contribution < -0.4 is 15.8 Å². The number of nitrogens with two attached hydrogens (primary N) is 1. The average molecular weight is 416 g/mol. The van der Waals surface area contributed by atoms with Crippen molar-refractivity contribution < 1.29 is 18.7 Å². The number of ether oxygens (including phenoxy) is 2. The molecule has 29 heavy (non-hydrogen) atoms. The average Bonchev–Trinajstić information content (AvgIpc) is 3.08. The molecule has 2 heterocycles. The molecule has 0 saturated heterocycles. The largest absolute Gasteiger partial charge is 0.466 e. The number of H-pyrrole nitrogens is 1. The summed E-state index contributed by atoms with van der Waals surface area (Å²) in [4.78, 5) is 16.2. The minimum atomic E-state index is -0.735. The van der Waals surface area contributed by atoms with Crippen molar-refractivity contribution in [1.82, 2.24) is 10.2 Å². The van der Waals surface area contributed by atoms with Crippen LogP contribution in [0, 0.1) is 5.82 Å². The van der Waals surface area contributed by atoms with E-state index in [0.717, 1.165) is 0 Å². The first kappa shape index (κ1) is 18.9. The number of halogens is 2. The first-order valence-electron chi connectivity index (χ1n) is 8.49. The van der Waals surface area contributed by atoms with Crippen LogP contribution in [0.3, 0.4) is 0 Å². The minimum Gasteiger partial charge on any atom is -0.466 e. The number of nitrogens with one attached hydrogen (secondary N) is 2. The predicted octanol–water partition coefficient (Wildman–Crippen LogP) is 3.66. The Morgan fingerprint density at radius 1 is 1.38 bits per heavy atom. The van der Waals surface area contributed by atoms with Crippen molar-refractivity contribution in [2.45, 2.75) is 6.61 Å². The molecule has 1 aromatic heterocycles. The number of hydrogen-bond acceptors (Lipinski definition) is 6. The number of aliphatic imine (C=N–C) groups is 1. The van der Waals surface area contributed by atoms with Crippen LogP contribution in [0.4, 0.5) is 21.7 Å². The Kier molecular flexibility index (Phi) is 5.15. The normalized spacial score (nSPS) is 13.2. The molecule has 1 aliphatic heterocycles. The minimum absolute atomic E-state index is 0.0482. The Balaban J connectivity index is 1.67. The van der Waals surface area contributed by atoms with Gasteiger partial charge in [0.15, 0.2) is 12.6 Å². The summed E-state index contributed by atoms with van der Waals surface area (Å²) >= 11 is 5.97. The van der Waals surface area contributed by atoms with E-state index in [9.17, 15) is 9.18 Å². The second kappa shape index (κ2) is 7.90. The molecule has 4 rings (SSSR count). The van der Waals surface area contributed by atoms with Gasteiger partial charge in [0.1, 0.15) is 22.9 Å². The molecule has 0 saturated carbocycles. The van der Waals surface area contributed by atoms with Gasteiger partial charge in [-0.2, -0.15) is 5.10 Å². The van der Waals surface area contributed by atoms with E-state index in [1.165, 1.54) is 18.3 Å². The van der Waals surface area contributed by atoms with E-state index in [1.54, 1.807) is 24.3 Å². The van der Waals surface area contributed by atoms with E-state index in [0.29, 0.717) is 27.6 Å². The third-order valence-corrected chi connectivity index (χ3v) is 4.35. The molecule has 0 fully saturated rings. The van der Waals surface area contributed by atoms with E-state index in [-0.39, 0.29) is 30.6 Å². The zero-order valence-electron chi connectivity index (χ0n) is 14.9. The fraction of sp³-hybridized carbons (Fsp3) is 0.105. The number of anilines is 2. The lowest BCUT2D eigenvalue weighted by atomic mass is 10.1. The molecule has 148 valence electrons. The molecule has 10 heteroatoms. The molecule has 1 amide bonds. The van der Waals surface area contributed by atoms with Gasteiger partial charge >= 0.3 is 0 Å². The van der Waals surface area contributed by atoms with E-state index >= 15 is 0 Å². The maximum Gasteiger partial charge on any atom is 0.256 e. The van der Waals surface area contributed by atoms with Crippen LogP contribution in [-0.2, 0) is 11.3 Å². The third-order valence-electron chi connectivity index (χ3n) is 4.12. The van der Waals surface area contributed by atoms with Gasteiger partial charge < -0.3 is 20.5 Å². The van der Waals surface area contributed by atoms with Gasteiger partial charge in [0, 0.05) is 28.1 Å². The topological polar surface area (TPSA) is 115 Å². The highest BCUT2D eigenvalue weighted by Crippen LogP contribution is 2.30. The zero-order valence-corrected chi connectivity index (χ0v) is 15.7. The van der Waals surface area contributed by atoms with E-state index in [2.05, 4.69) is 20.5 Å². The fourth-order valence-electron chi connectivity index (χ4n) is 2.90. The Labute approximate surface area is 169 Å². The molecule has 0 radical (unpaired) electrons. The summed E-state index contributed by atoms with van der Waals surface area (Å²) < 4.78 is 24.5. The van der Waals surface area contributed by atoms with Gasteiger partial charge in [-0.1, -0.05) is 17.7 Å². The second-order valence-corrected chi connectivity index (χ2v) is 6.59. The molecule has 1 aliphatic rings. The number of primary amides is 1. The first-order chi connectivity index (χ1) is 14.0. The van der Waals surface area contributed by atoms with Crippen molar-refractivity contribution in [2.24, 2.45) is 10.7 Å². The summed E-state index contributed by atoms with van der Waals surface area (Å²) in [6.07, 6.45) is 1.36. The molecule has 8 nitrogen and oxygen atoms in total. The summed E-state index contributed by atoms with van der Waals surface area (Å²) in [5.74, 6) is -0.416. The highest BCUT2D eigenvalue weighted by Gasteiger charge is 2.19. The lowest BCUT2D eigenvalue weighted by Crippen LogP contribution is -2.13. The summed E-state index contributed by atoms with van der Waals surface area (Å²) in [7, 11) is 0. The van der Waals surface area contributed by atoms with Crippen molar-refractivity contribution in [3.05, 3.63) is 63.9 Å². The number of amides is 1. The van der Waals surface area contributed by atoms with Crippen LogP contribution in [0.1, 0.15) is 21.5 Å². The Morgan fingerprint density at radius 3 is 3.03 bits per heavy atom. The monoisotopic (exact) mass is 415 g/mol. The number of benzene rings is 2. The molecule has 0 atom stereocenters. The van der Waals surface area contributed by atoms with Crippen LogP contribution in [0.15, 0.2) is 41.4 Å². The summed E-state index contributed by atoms with van der Waals surface area (Å²) in [5.41, 5.74) is 7.15. The third kappa shape index (κ3) is 4.05. The van der Waals surface area contributed by atoms with E-state index in [1.807, 2.05) is 0 Å². The number of carbonyl (C=O) groups excluding carboxylic acids is 1. The first-order valence-corrected chi connectivity index (χ1v) is 8.87. The number of aromatic nitrogens is 2. The quantitative estimate of drug-likeness (QED) is 0.550. The Bertz CT molecular complexity index is 1120. The number of fused-ring (bicyclic) bond motifs is 1. The molecule has 3 aromatic rings. The molecule has 4 N–H and O–H groups in total. The van der Waals surface area contributed by atoms with Crippen LogP contribution in [0.2, 0.25) is 5.02 Å². The molecule has 2 aromatic carbocycles. The Morgan fingerprint density at radius 2 is 2.24 bits per heavy atom. The van der Waals surface area contributed by atoms with Gasteiger partial charge in [-0.15, -0.1) is 0 Å². The summed E-state index contributed by atoms with van der Waals surface area (Å²) in [6, 6.07) is 9.52. The van der Waals surface area contributed by atoms with Gasteiger partial charge in [0.25, 0.3) is 5.91 Å². The molecule has 0 bridgehead atoms. The lowest BCUT2D eigenvalue weighted by molar-refractivity contribution is -0.0166. The van der Waals surface area contributed by atoms with Gasteiger partial charge in [-0.05, 0) is 30.3 Å². The smallest absolute Gasteiger partial charge is 0.256 e. The molecule has 0 spiro atoms. The van der Waals surface area contributed by atoms with Gasteiger partial charge in [0.05, 0.1) is 6.61 Å². The van der Waals surface area contributed by atoms with Crippen LogP contribution in [-0.4, -0.2) is 29.1 Å². The summed E-state index contributed by atoms with van der Waals surface area (Å²) in [5, 5.41) is 10.2. The van der Waals surface area contributed by atoms with Crippen molar-refractivity contribution in [3.8, 4) is 5.75 Å². The lowest BCUT2D eigenvalue weighted by Gasteiger charge is -2.19. The van der Waals surface area contributed by atoms with Crippen molar-refractivity contribution in [1.29, 1.82) is 0 Å². The second-order valence-electron chi connectivity index (χ2n) is 6.15. The fourth-order valence-corrected chi connectivity index (χ4v) is 3.09. The van der Waals surface area contributed by atoms with E-state index in [4.69, 9.17) is 26.8 Å². The predicted molar refractivity (Wildman–Crippen MR) is 106 cm³/mol. The van der Waals surface area contributed by atoms with Crippen molar-refractivity contribution in [2.75, 3.05) is 12.1 Å². The van der Waals surface area contributed by atoms with E-state index < -0.39 is 11.7 Å². The highest BCUT2D eigenvalue weighted by atomic mass is 35.5. The molecule has 0 unspecified atom stereocenters. The summed E-state index contributed by atoms with van der Waals surface area (Å²) in [6.45, 7) is 0.290. The molecular weight excluding hydrogens is 401 g/mol. The van der Waals surface area contributed by atoms with Gasteiger partial charge in [-0.3, -0.25) is 9.89 Å². The van der Waals surface area contributed by atoms with Gasteiger partial charge in [0.2, 0.25) is 0 Å². The van der Waals surface area contributed by atoms with Gasteiger partial charge in [-0.25, -0.2) is 9.38 Å². The van der Waals surface area contributed by atoms with Crippen molar-refractivity contribution in [3.63, 3.8) is 0 Å². The number of rotatable bonds is 5. The number of aromatic amines is 1. The van der Waals surface area contributed by atoms with Crippen LogP contribution >= 0.6 is 11.6 Å². The molecule has 0 aliphatic carbocycles. The zero-order chi connectivity index (χ0) is 20.4. The highest BCUT2D eigenvalue weighted by molar-refractivity contribution is 6.30. The number of nitrogens with zero attached hydrogens (tertiary/aromatic N) is 2. The SMILES string of the molecule is NC(=O)c1c(N=Cc2cc(F)cc3c2OCOC3)n[nH]c1Nc1cccc(Cl)c1. The Hall–Kier alpha value is -3.43. The maximum atomic E-state index is 13.9. The number of carbonyl (C=O) groups is 1. The standard InChI is InChI=1S/C19H15ClFN5O3/c20-12-2-1-3-14(6-12)24-19-15(17(22)27)18(25-26-19)23-7-10-4-13(21)5-11-8-28-9-29-16(10)11/h1-7H,8-9H2,(H2,22,27)(H2,24,25,26). The van der Waals surface area contributed by atoms with Crippen molar-refractivity contribution >= 4 is 41.0 Å².